The highest BCUT2D eigenvalue weighted by atomic mass is 32.2. The lowest BCUT2D eigenvalue weighted by Gasteiger charge is -2.19. The van der Waals surface area contributed by atoms with Crippen LogP contribution in [0.2, 0.25) is 0 Å². The van der Waals surface area contributed by atoms with Crippen molar-refractivity contribution in [3.63, 3.8) is 0 Å². The van der Waals surface area contributed by atoms with E-state index >= 15 is 0 Å². The third-order valence-corrected chi connectivity index (χ3v) is 4.47. The highest BCUT2D eigenvalue weighted by molar-refractivity contribution is 7.85. The summed E-state index contributed by atoms with van der Waals surface area (Å²) in [7, 11) is -4.29. The molecule has 0 radical (unpaired) electrons. The largest absolute Gasteiger partial charge is 0.463 e. The zero-order valence-corrected chi connectivity index (χ0v) is 14.4. The van der Waals surface area contributed by atoms with Gasteiger partial charge in [0.25, 0.3) is 10.1 Å². The first-order valence-corrected chi connectivity index (χ1v) is 9.02. The Morgan fingerprint density at radius 1 is 1.38 bits per heavy atom. The minimum atomic E-state index is -4.29. The van der Waals surface area contributed by atoms with E-state index in [1.165, 1.54) is 12.1 Å². The van der Waals surface area contributed by atoms with Gasteiger partial charge in [-0.1, -0.05) is 13.8 Å². The van der Waals surface area contributed by atoms with Crippen molar-refractivity contribution in [2.24, 2.45) is 5.92 Å². The van der Waals surface area contributed by atoms with Crippen LogP contribution in [0, 0.1) is 5.92 Å². The molecule has 1 rings (SSSR count). The molecule has 0 saturated heterocycles. The maximum atomic E-state index is 11.9. The molecule has 9 heteroatoms. The first-order chi connectivity index (χ1) is 11.2. The number of pyridine rings is 1. The average molecular weight is 361 g/mol. The van der Waals surface area contributed by atoms with Crippen LogP contribution < -0.4 is 0 Å². The first kappa shape index (κ1) is 20.5. The number of aliphatic hydroxyl groups is 2. The van der Waals surface area contributed by atoms with Gasteiger partial charge in [-0.2, -0.15) is 8.42 Å². The summed E-state index contributed by atoms with van der Waals surface area (Å²) >= 11 is 0. The lowest BCUT2D eigenvalue weighted by molar-refractivity contribution is -0.152. The Labute approximate surface area is 141 Å². The van der Waals surface area contributed by atoms with E-state index in [4.69, 9.17) is 14.4 Å². The van der Waals surface area contributed by atoms with E-state index in [1.807, 2.05) is 6.92 Å². The number of aliphatic hydroxyl groups excluding tert-OH is 2. The number of hydrogen-bond donors (Lipinski definition) is 3. The van der Waals surface area contributed by atoms with Crippen molar-refractivity contribution in [3.8, 4) is 0 Å². The summed E-state index contributed by atoms with van der Waals surface area (Å²) in [6, 6.07) is 2.77. The quantitative estimate of drug-likeness (QED) is 0.433. The van der Waals surface area contributed by atoms with E-state index in [0.29, 0.717) is 18.5 Å². The Balaban J connectivity index is 2.71. The fourth-order valence-electron chi connectivity index (χ4n) is 2.18. The minimum absolute atomic E-state index is 0.0919. The predicted octanol–water partition coefficient (Wildman–Crippen LogP) is 0.745. The second kappa shape index (κ2) is 9.07. The number of nitrogens with zero attached hydrogens (tertiary/aromatic N) is 1. The predicted molar refractivity (Wildman–Crippen MR) is 84.9 cm³/mol. The van der Waals surface area contributed by atoms with Crippen molar-refractivity contribution in [2.45, 2.75) is 43.6 Å². The Morgan fingerprint density at radius 3 is 2.50 bits per heavy atom. The summed E-state index contributed by atoms with van der Waals surface area (Å²) in [6.45, 7) is 2.85. The van der Waals surface area contributed by atoms with Gasteiger partial charge >= 0.3 is 5.97 Å². The molecule has 0 aliphatic heterocycles. The topological polar surface area (TPSA) is 134 Å². The summed E-state index contributed by atoms with van der Waals surface area (Å²) < 4.78 is 35.9. The molecule has 0 aromatic carbocycles. The fourth-order valence-corrected chi connectivity index (χ4v) is 2.60. The third-order valence-electron chi connectivity index (χ3n) is 3.64. The molecule has 0 aliphatic carbocycles. The van der Waals surface area contributed by atoms with Gasteiger partial charge in [-0.15, -0.1) is 0 Å². The van der Waals surface area contributed by atoms with E-state index in [2.05, 4.69) is 4.98 Å². The summed E-state index contributed by atoms with van der Waals surface area (Å²) in [4.78, 5) is 15.7. The van der Waals surface area contributed by atoms with Gasteiger partial charge in [-0.25, -0.2) is 0 Å². The zero-order valence-electron chi connectivity index (χ0n) is 13.6. The van der Waals surface area contributed by atoms with E-state index in [1.54, 1.807) is 6.92 Å². The number of carbonyl (C=O) groups is 1. The molecule has 0 bridgehead atoms. The summed E-state index contributed by atoms with van der Waals surface area (Å²) in [6.07, 6.45) is 1.09. The fraction of sp³-hybridized carbons (Fsp3) is 0.600. The van der Waals surface area contributed by atoms with E-state index in [9.17, 15) is 18.3 Å². The smallest absolute Gasteiger partial charge is 0.308 e. The Morgan fingerprint density at radius 2 is 2.04 bits per heavy atom. The Kier molecular flexibility index (Phi) is 7.74. The molecule has 136 valence electrons. The number of aromatic nitrogens is 1. The summed E-state index contributed by atoms with van der Waals surface area (Å²) in [5, 5.41) is 17.9. The van der Waals surface area contributed by atoms with Crippen LogP contribution >= 0.6 is 0 Å². The monoisotopic (exact) mass is 361 g/mol. The van der Waals surface area contributed by atoms with Crippen molar-refractivity contribution in [1.29, 1.82) is 0 Å². The molecule has 1 heterocycles. The summed E-state index contributed by atoms with van der Waals surface area (Å²) in [5.74, 6) is -1.04. The molecule has 0 aliphatic rings. The van der Waals surface area contributed by atoms with E-state index in [0.717, 1.165) is 6.20 Å². The van der Waals surface area contributed by atoms with E-state index in [-0.39, 0.29) is 17.4 Å². The van der Waals surface area contributed by atoms with Crippen LogP contribution in [0.3, 0.4) is 0 Å². The first-order valence-electron chi connectivity index (χ1n) is 7.58. The van der Waals surface area contributed by atoms with Gasteiger partial charge < -0.3 is 14.9 Å². The van der Waals surface area contributed by atoms with Crippen LogP contribution in [0.1, 0.15) is 38.3 Å². The maximum Gasteiger partial charge on any atom is 0.308 e. The molecule has 1 aromatic rings. The highest BCUT2D eigenvalue weighted by Crippen LogP contribution is 2.26. The average Bonchev–Trinajstić information content (AvgIpc) is 2.56. The maximum absolute atomic E-state index is 11.9. The molecule has 3 unspecified atom stereocenters. The molecule has 3 N–H and O–H groups in total. The number of ether oxygens (including phenoxy) is 1. The second-order valence-corrected chi connectivity index (χ2v) is 7.02. The number of carbonyl (C=O) groups excluding carboxylic acids is 1. The molecule has 1 aromatic heterocycles. The van der Waals surface area contributed by atoms with Gasteiger partial charge in [0.15, 0.2) is 0 Å². The van der Waals surface area contributed by atoms with Crippen molar-refractivity contribution < 1.29 is 32.7 Å². The molecular formula is C15H23NO7S. The minimum Gasteiger partial charge on any atom is -0.463 e. The molecule has 0 fully saturated rings. The van der Waals surface area contributed by atoms with Gasteiger partial charge in [0, 0.05) is 17.8 Å². The second-order valence-electron chi connectivity index (χ2n) is 5.60. The van der Waals surface area contributed by atoms with Crippen LogP contribution in [0.25, 0.3) is 0 Å². The third kappa shape index (κ3) is 6.16. The van der Waals surface area contributed by atoms with E-state index < -0.39 is 34.7 Å². The molecule has 0 saturated carbocycles. The lowest BCUT2D eigenvalue weighted by atomic mass is 9.90. The van der Waals surface area contributed by atoms with Crippen LogP contribution in [0.5, 0.6) is 0 Å². The van der Waals surface area contributed by atoms with Crippen LogP contribution in [-0.4, -0.2) is 53.5 Å². The molecule has 0 spiro atoms. The number of esters is 1. The van der Waals surface area contributed by atoms with Gasteiger partial charge in [0.05, 0.1) is 12.5 Å². The van der Waals surface area contributed by atoms with Crippen LogP contribution in [0.4, 0.5) is 0 Å². The lowest BCUT2D eigenvalue weighted by Crippen LogP contribution is -2.25. The van der Waals surface area contributed by atoms with Gasteiger partial charge in [-0.05, 0) is 25.0 Å². The highest BCUT2D eigenvalue weighted by Gasteiger charge is 2.22. The van der Waals surface area contributed by atoms with Crippen molar-refractivity contribution in [2.75, 3.05) is 13.2 Å². The van der Waals surface area contributed by atoms with Crippen LogP contribution in [0.15, 0.2) is 23.2 Å². The van der Waals surface area contributed by atoms with Gasteiger partial charge in [0.1, 0.15) is 17.6 Å². The Bertz CT molecular complexity index is 630. The molecule has 8 nitrogen and oxygen atoms in total. The zero-order chi connectivity index (χ0) is 18.3. The molecule has 0 amide bonds. The van der Waals surface area contributed by atoms with Crippen molar-refractivity contribution in [3.05, 3.63) is 24.0 Å². The molecule has 3 atom stereocenters. The SMILES string of the molecule is CCC(CC(C)C(=O)OCC(O)CO)c1ccc(S(=O)(=O)O)cn1. The molecular weight excluding hydrogens is 338 g/mol. The standard InChI is InChI=1S/C15H23NO7S/c1-3-11(6-10(2)15(19)23-9-12(18)8-17)14-5-4-13(7-16-14)24(20,21)22/h4-5,7,10-12,17-18H,3,6,8-9H2,1-2H3,(H,20,21,22). The molecule has 24 heavy (non-hydrogen) atoms. The van der Waals surface area contributed by atoms with Gasteiger partial charge in [-0.3, -0.25) is 14.3 Å². The van der Waals surface area contributed by atoms with Crippen molar-refractivity contribution >= 4 is 16.1 Å². The summed E-state index contributed by atoms with van der Waals surface area (Å²) in [5.41, 5.74) is 0.611. The van der Waals surface area contributed by atoms with Gasteiger partial charge in [0.2, 0.25) is 0 Å². The number of hydrogen-bond acceptors (Lipinski definition) is 7. The number of rotatable bonds is 9. The normalized spacial score (nSPS) is 15.5. The van der Waals surface area contributed by atoms with Crippen molar-refractivity contribution in [1.82, 2.24) is 4.98 Å². The van der Waals surface area contributed by atoms with Crippen LogP contribution in [-0.2, 0) is 19.6 Å². The Hall–Kier alpha value is -1.55.